The predicted octanol–water partition coefficient (Wildman–Crippen LogP) is 3.49. The quantitative estimate of drug-likeness (QED) is 0.856. The number of rotatable bonds is 5. The lowest BCUT2D eigenvalue weighted by Gasteiger charge is -2.10. The second-order valence-electron chi connectivity index (χ2n) is 3.36. The third kappa shape index (κ3) is 4.66. The molecule has 1 aromatic heterocycles. The van der Waals surface area contributed by atoms with Gasteiger partial charge in [-0.2, -0.15) is 0 Å². The maximum Gasteiger partial charge on any atom is 0.573 e. The summed E-state index contributed by atoms with van der Waals surface area (Å²) in [5.41, 5.74) is 2.25. The third-order valence-corrected chi connectivity index (χ3v) is 2.56. The van der Waals surface area contributed by atoms with Gasteiger partial charge in [-0.05, 0) is 24.3 Å². The summed E-state index contributed by atoms with van der Waals surface area (Å²) < 4.78 is 44.8. The summed E-state index contributed by atoms with van der Waals surface area (Å²) in [6.07, 6.45) is -4.68. The van der Waals surface area contributed by atoms with Crippen LogP contribution in [0.3, 0.4) is 0 Å². The SMILES string of the molecule is FC(F)(F)Oc1ccc(NCOc2cscn2)cc1. The van der Waals surface area contributed by atoms with Gasteiger partial charge in [-0.15, -0.1) is 24.5 Å². The van der Waals surface area contributed by atoms with E-state index in [9.17, 15) is 13.2 Å². The second kappa shape index (κ2) is 5.79. The summed E-state index contributed by atoms with van der Waals surface area (Å²) in [5, 5.41) is 4.62. The van der Waals surface area contributed by atoms with Gasteiger partial charge in [-0.1, -0.05) is 0 Å². The Balaban J connectivity index is 1.81. The van der Waals surface area contributed by atoms with E-state index in [1.807, 2.05) is 0 Å². The van der Waals surface area contributed by atoms with Crippen molar-refractivity contribution < 1.29 is 22.6 Å². The first-order valence-electron chi connectivity index (χ1n) is 5.13. The molecule has 0 bridgehead atoms. The van der Waals surface area contributed by atoms with Gasteiger partial charge in [0.25, 0.3) is 0 Å². The highest BCUT2D eigenvalue weighted by Crippen LogP contribution is 2.23. The van der Waals surface area contributed by atoms with Crippen LogP contribution >= 0.6 is 11.3 Å². The Morgan fingerprint density at radius 1 is 1.21 bits per heavy atom. The fraction of sp³-hybridized carbons (Fsp3) is 0.182. The lowest BCUT2D eigenvalue weighted by atomic mass is 10.3. The first-order valence-corrected chi connectivity index (χ1v) is 6.08. The molecule has 0 aliphatic rings. The smallest absolute Gasteiger partial charge is 0.456 e. The van der Waals surface area contributed by atoms with Gasteiger partial charge in [0, 0.05) is 5.69 Å². The lowest BCUT2D eigenvalue weighted by molar-refractivity contribution is -0.274. The number of aromatic nitrogens is 1. The van der Waals surface area contributed by atoms with Crippen molar-refractivity contribution in [2.75, 3.05) is 12.0 Å². The minimum absolute atomic E-state index is 0.170. The first-order chi connectivity index (χ1) is 9.03. The van der Waals surface area contributed by atoms with E-state index in [4.69, 9.17) is 4.74 Å². The molecule has 0 radical (unpaired) electrons. The summed E-state index contributed by atoms with van der Waals surface area (Å²) >= 11 is 1.41. The van der Waals surface area contributed by atoms with Crippen LogP contribution in [0.25, 0.3) is 0 Å². The topological polar surface area (TPSA) is 43.4 Å². The van der Waals surface area contributed by atoms with E-state index in [1.54, 1.807) is 10.9 Å². The highest BCUT2D eigenvalue weighted by atomic mass is 32.1. The Hall–Kier alpha value is -1.96. The van der Waals surface area contributed by atoms with Crippen LogP contribution in [0.1, 0.15) is 0 Å². The molecule has 2 aromatic rings. The van der Waals surface area contributed by atoms with Crippen LogP contribution in [0.2, 0.25) is 0 Å². The molecule has 0 atom stereocenters. The molecule has 0 amide bonds. The van der Waals surface area contributed by atoms with Crippen molar-refractivity contribution in [3.63, 3.8) is 0 Å². The number of thiazole rings is 1. The average Bonchev–Trinajstić information content (AvgIpc) is 2.82. The van der Waals surface area contributed by atoms with Gasteiger partial charge in [0.1, 0.15) is 5.75 Å². The van der Waals surface area contributed by atoms with Crippen LogP contribution in [0.4, 0.5) is 18.9 Å². The lowest BCUT2D eigenvalue weighted by Crippen LogP contribution is -2.17. The molecule has 1 N–H and O–H groups in total. The maximum absolute atomic E-state index is 11.9. The highest BCUT2D eigenvalue weighted by Gasteiger charge is 2.30. The van der Waals surface area contributed by atoms with Crippen molar-refractivity contribution in [1.82, 2.24) is 4.98 Å². The van der Waals surface area contributed by atoms with Gasteiger partial charge < -0.3 is 14.8 Å². The minimum atomic E-state index is -4.68. The Morgan fingerprint density at radius 3 is 2.53 bits per heavy atom. The van der Waals surface area contributed by atoms with Crippen LogP contribution in [0.15, 0.2) is 35.2 Å². The van der Waals surface area contributed by atoms with Crippen molar-refractivity contribution in [2.45, 2.75) is 6.36 Å². The molecule has 102 valence electrons. The zero-order chi connectivity index (χ0) is 13.7. The number of anilines is 1. The molecule has 0 spiro atoms. The summed E-state index contributed by atoms with van der Waals surface area (Å²) in [5.74, 6) is 0.230. The zero-order valence-electron chi connectivity index (χ0n) is 9.48. The van der Waals surface area contributed by atoms with Gasteiger partial charge in [-0.25, -0.2) is 4.98 Å². The van der Waals surface area contributed by atoms with Crippen molar-refractivity contribution >= 4 is 17.0 Å². The Kier molecular flexibility index (Phi) is 4.10. The fourth-order valence-electron chi connectivity index (χ4n) is 1.24. The largest absolute Gasteiger partial charge is 0.573 e. The third-order valence-electron chi connectivity index (χ3n) is 1.99. The maximum atomic E-state index is 11.9. The summed E-state index contributed by atoms with van der Waals surface area (Å²) in [6, 6.07) is 5.37. The normalized spacial score (nSPS) is 11.1. The molecule has 4 nitrogen and oxygen atoms in total. The van der Waals surface area contributed by atoms with Gasteiger partial charge in [0.15, 0.2) is 6.73 Å². The van der Waals surface area contributed by atoms with Crippen molar-refractivity contribution in [2.24, 2.45) is 0 Å². The fourth-order valence-corrected chi connectivity index (χ4v) is 1.71. The van der Waals surface area contributed by atoms with Gasteiger partial charge in [0.05, 0.1) is 10.9 Å². The number of nitrogens with zero attached hydrogens (tertiary/aromatic N) is 1. The summed E-state index contributed by atoms with van der Waals surface area (Å²) in [7, 11) is 0. The first kappa shape index (κ1) is 13.5. The van der Waals surface area contributed by atoms with E-state index < -0.39 is 6.36 Å². The van der Waals surface area contributed by atoms with E-state index in [1.165, 1.54) is 35.6 Å². The number of nitrogens with one attached hydrogen (secondary N) is 1. The zero-order valence-corrected chi connectivity index (χ0v) is 10.3. The van der Waals surface area contributed by atoms with Crippen LogP contribution in [0.5, 0.6) is 11.6 Å². The van der Waals surface area contributed by atoms with E-state index in [-0.39, 0.29) is 12.5 Å². The number of hydrogen-bond acceptors (Lipinski definition) is 5. The minimum Gasteiger partial charge on any atom is -0.456 e. The second-order valence-corrected chi connectivity index (χ2v) is 4.08. The van der Waals surface area contributed by atoms with Crippen LogP contribution in [-0.2, 0) is 0 Å². The van der Waals surface area contributed by atoms with E-state index in [2.05, 4.69) is 15.0 Å². The molecule has 1 aromatic carbocycles. The van der Waals surface area contributed by atoms with E-state index in [0.29, 0.717) is 11.6 Å². The Morgan fingerprint density at radius 2 is 1.95 bits per heavy atom. The molecule has 2 rings (SSSR count). The van der Waals surface area contributed by atoms with Gasteiger partial charge in [0.2, 0.25) is 5.88 Å². The molecular weight excluding hydrogens is 281 g/mol. The molecular formula is C11H9F3N2O2S. The molecule has 0 saturated carbocycles. The van der Waals surface area contributed by atoms with E-state index in [0.717, 1.165) is 0 Å². The highest BCUT2D eigenvalue weighted by molar-refractivity contribution is 7.07. The molecule has 0 aliphatic carbocycles. The van der Waals surface area contributed by atoms with Crippen molar-refractivity contribution in [1.29, 1.82) is 0 Å². The van der Waals surface area contributed by atoms with Crippen LogP contribution < -0.4 is 14.8 Å². The van der Waals surface area contributed by atoms with Gasteiger partial charge >= 0.3 is 6.36 Å². The molecule has 1 heterocycles. The standard InChI is InChI=1S/C11H9F3N2O2S/c12-11(13,14)18-9-3-1-8(2-4-9)15-6-17-10-5-19-7-16-10/h1-5,7,15H,6H2. The molecule has 0 aliphatic heterocycles. The number of alkyl halides is 3. The van der Waals surface area contributed by atoms with Crippen LogP contribution in [-0.4, -0.2) is 18.1 Å². The van der Waals surface area contributed by atoms with E-state index >= 15 is 0 Å². The van der Waals surface area contributed by atoms with Gasteiger partial charge in [-0.3, -0.25) is 0 Å². The monoisotopic (exact) mass is 290 g/mol. The molecule has 0 saturated heterocycles. The number of hydrogen-bond donors (Lipinski definition) is 1. The van der Waals surface area contributed by atoms with Crippen molar-refractivity contribution in [3.8, 4) is 11.6 Å². The van der Waals surface area contributed by atoms with Crippen LogP contribution in [0, 0.1) is 0 Å². The Labute approximate surface area is 110 Å². The number of halogens is 3. The number of benzene rings is 1. The average molecular weight is 290 g/mol. The summed E-state index contributed by atoms with van der Waals surface area (Å²) in [4.78, 5) is 3.91. The number of ether oxygens (including phenoxy) is 2. The molecule has 19 heavy (non-hydrogen) atoms. The molecule has 0 fully saturated rings. The molecule has 8 heteroatoms. The Bertz CT molecular complexity index is 500. The van der Waals surface area contributed by atoms with Crippen molar-refractivity contribution in [3.05, 3.63) is 35.2 Å². The summed E-state index contributed by atoms with van der Waals surface area (Å²) in [6.45, 7) is 0.170. The predicted molar refractivity (Wildman–Crippen MR) is 64.4 cm³/mol. The molecule has 0 unspecified atom stereocenters.